The van der Waals surface area contributed by atoms with Crippen LogP contribution in [0.2, 0.25) is 0 Å². The molecule has 1 heterocycles. The maximum atomic E-state index is 13.0. The molecule has 1 fully saturated rings. The second kappa shape index (κ2) is 11.5. The third-order valence-corrected chi connectivity index (χ3v) is 6.22. The van der Waals surface area contributed by atoms with Crippen molar-refractivity contribution in [1.29, 1.82) is 0 Å². The average Bonchev–Trinajstić information content (AvgIpc) is 2.81. The minimum absolute atomic E-state index is 0.0770. The maximum Gasteiger partial charge on any atom is 0.410 e. The van der Waals surface area contributed by atoms with E-state index in [-0.39, 0.29) is 35.9 Å². The van der Waals surface area contributed by atoms with Gasteiger partial charge in [0.1, 0.15) is 17.0 Å². The van der Waals surface area contributed by atoms with Crippen molar-refractivity contribution in [2.75, 3.05) is 31.6 Å². The molecule has 0 radical (unpaired) electrons. The molecule has 0 spiro atoms. The van der Waals surface area contributed by atoms with Gasteiger partial charge in [-0.25, -0.2) is 4.79 Å². The van der Waals surface area contributed by atoms with E-state index in [4.69, 9.17) is 9.47 Å². The zero-order valence-electron chi connectivity index (χ0n) is 21.0. The number of phenols is 1. The molecule has 1 aliphatic heterocycles. The van der Waals surface area contributed by atoms with Gasteiger partial charge in [-0.15, -0.1) is 0 Å². The Bertz CT molecular complexity index is 949. The molecule has 9 heteroatoms. The van der Waals surface area contributed by atoms with Gasteiger partial charge in [-0.3, -0.25) is 9.59 Å². The molecule has 3 rings (SSSR count). The predicted octanol–water partition coefficient (Wildman–Crippen LogP) is 3.85. The van der Waals surface area contributed by atoms with E-state index >= 15 is 0 Å². The van der Waals surface area contributed by atoms with E-state index in [0.717, 1.165) is 31.2 Å². The molecule has 2 N–H and O–H groups in total. The first-order chi connectivity index (χ1) is 16.6. The standard InChI is InChI=1S/C26H37N3O6/c1-5-22(32)29(19-9-7-6-8-10-19)16-15-28(25(33)35-26(2,3)4)14-13-18-11-12-20(30)23-24(18)34-17-21(31)27-23/h5,11-12,19,30H,1,6-10,13-17H2,2-4H3,(H,27,31). The largest absolute Gasteiger partial charge is 0.506 e. The summed E-state index contributed by atoms with van der Waals surface area (Å²) in [6.45, 7) is 9.95. The fraction of sp³-hybridized carbons (Fsp3) is 0.577. The highest BCUT2D eigenvalue weighted by Crippen LogP contribution is 2.39. The number of nitrogens with one attached hydrogen (secondary N) is 1. The zero-order valence-corrected chi connectivity index (χ0v) is 21.0. The average molecular weight is 488 g/mol. The fourth-order valence-electron chi connectivity index (χ4n) is 4.50. The van der Waals surface area contributed by atoms with Gasteiger partial charge in [0.05, 0.1) is 0 Å². The van der Waals surface area contributed by atoms with Crippen LogP contribution < -0.4 is 10.1 Å². The van der Waals surface area contributed by atoms with Crippen LogP contribution in [0.15, 0.2) is 24.8 Å². The number of phenolic OH excluding ortho intramolecular Hbond substituents is 1. The van der Waals surface area contributed by atoms with Crippen LogP contribution in [0, 0.1) is 0 Å². The number of hydrogen-bond acceptors (Lipinski definition) is 6. The Labute approximate surface area is 207 Å². The molecule has 1 aliphatic carbocycles. The second-order valence-electron chi connectivity index (χ2n) is 10.0. The minimum Gasteiger partial charge on any atom is -0.506 e. The van der Waals surface area contributed by atoms with Crippen molar-refractivity contribution in [3.63, 3.8) is 0 Å². The van der Waals surface area contributed by atoms with Gasteiger partial charge >= 0.3 is 6.09 Å². The predicted molar refractivity (Wildman–Crippen MR) is 133 cm³/mol. The van der Waals surface area contributed by atoms with Gasteiger partial charge in [-0.2, -0.15) is 0 Å². The lowest BCUT2D eigenvalue weighted by Crippen LogP contribution is -2.47. The van der Waals surface area contributed by atoms with Gasteiger partial charge in [0, 0.05) is 25.7 Å². The lowest BCUT2D eigenvalue weighted by molar-refractivity contribution is -0.129. The van der Waals surface area contributed by atoms with Crippen molar-refractivity contribution in [3.8, 4) is 11.5 Å². The van der Waals surface area contributed by atoms with Crippen LogP contribution in [0.3, 0.4) is 0 Å². The van der Waals surface area contributed by atoms with Crippen molar-refractivity contribution in [2.45, 2.75) is 70.9 Å². The van der Waals surface area contributed by atoms with E-state index in [1.54, 1.807) is 11.0 Å². The Balaban J connectivity index is 1.75. The van der Waals surface area contributed by atoms with Gasteiger partial charge in [-0.1, -0.05) is 31.9 Å². The monoisotopic (exact) mass is 487 g/mol. The van der Waals surface area contributed by atoms with Gasteiger partial charge < -0.3 is 29.7 Å². The number of benzene rings is 1. The van der Waals surface area contributed by atoms with Crippen LogP contribution in [0.25, 0.3) is 0 Å². The Morgan fingerprint density at radius 2 is 1.91 bits per heavy atom. The fourth-order valence-corrected chi connectivity index (χ4v) is 4.50. The minimum atomic E-state index is -0.666. The SMILES string of the molecule is C=CC(=O)N(CCN(CCc1ccc(O)c2c1OCC(=O)N2)C(=O)OC(C)(C)C)C1CCCCC1. The molecule has 0 atom stereocenters. The molecule has 0 saturated heterocycles. The number of anilines is 1. The maximum absolute atomic E-state index is 13.0. The van der Waals surface area contributed by atoms with Crippen molar-refractivity contribution < 1.29 is 29.0 Å². The molecule has 9 nitrogen and oxygen atoms in total. The molecule has 1 aromatic carbocycles. The van der Waals surface area contributed by atoms with E-state index in [1.165, 1.54) is 18.6 Å². The highest BCUT2D eigenvalue weighted by molar-refractivity contribution is 5.97. The molecular weight excluding hydrogens is 450 g/mol. The topological polar surface area (TPSA) is 108 Å². The summed E-state index contributed by atoms with van der Waals surface area (Å²) in [5.74, 6) is -0.140. The van der Waals surface area contributed by atoms with Crippen molar-refractivity contribution in [3.05, 3.63) is 30.4 Å². The number of ether oxygens (including phenoxy) is 2. The Kier molecular flexibility index (Phi) is 8.64. The van der Waals surface area contributed by atoms with Gasteiger partial charge in [0.25, 0.3) is 5.91 Å². The lowest BCUT2D eigenvalue weighted by atomic mass is 9.94. The van der Waals surface area contributed by atoms with E-state index in [0.29, 0.717) is 31.8 Å². The lowest BCUT2D eigenvalue weighted by Gasteiger charge is -2.36. The van der Waals surface area contributed by atoms with E-state index < -0.39 is 11.7 Å². The van der Waals surface area contributed by atoms with Crippen molar-refractivity contribution in [2.24, 2.45) is 0 Å². The number of carbonyl (C=O) groups excluding carboxylic acids is 3. The first kappa shape index (κ1) is 26.4. The Hall–Kier alpha value is -3.23. The summed E-state index contributed by atoms with van der Waals surface area (Å²) >= 11 is 0. The molecule has 35 heavy (non-hydrogen) atoms. The summed E-state index contributed by atoms with van der Waals surface area (Å²) in [4.78, 5) is 40.8. The molecule has 0 aromatic heterocycles. The summed E-state index contributed by atoms with van der Waals surface area (Å²) in [5.41, 5.74) is 0.320. The Morgan fingerprint density at radius 3 is 2.57 bits per heavy atom. The number of rotatable bonds is 8. The smallest absolute Gasteiger partial charge is 0.410 e. The molecular formula is C26H37N3O6. The second-order valence-corrected chi connectivity index (χ2v) is 10.0. The highest BCUT2D eigenvalue weighted by atomic mass is 16.6. The van der Waals surface area contributed by atoms with Crippen molar-refractivity contribution >= 4 is 23.6 Å². The van der Waals surface area contributed by atoms with Crippen LogP contribution in [0.4, 0.5) is 10.5 Å². The van der Waals surface area contributed by atoms with E-state index in [9.17, 15) is 19.5 Å². The van der Waals surface area contributed by atoms with Gasteiger partial charge in [-0.05, 0) is 57.7 Å². The highest BCUT2D eigenvalue weighted by Gasteiger charge is 2.28. The summed E-state index contributed by atoms with van der Waals surface area (Å²) in [5, 5.41) is 12.7. The molecule has 0 bridgehead atoms. The summed E-state index contributed by atoms with van der Waals surface area (Å²) in [6.07, 6.45) is 6.54. The first-order valence-electron chi connectivity index (χ1n) is 12.3. The number of amides is 3. The molecule has 3 amide bonds. The number of aromatic hydroxyl groups is 1. The Morgan fingerprint density at radius 1 is 1.20 bits per heavy atom. The van der Waals surface area contributed by atoms with Crippen molar-refractivity contribution in [1.82, 2.24) is 9.80 Å². The van der Waals surface area contributed by atoms with Gasteiger partial charge in [0.15, 0.2) is 12.4 Å². The molecule has 2 aliphatic rings. The zero-order chi connectivity index (χ0) is 25.6. The molecule has 1 aromatic rings. The summed E-state index contributed by atoms with van der Waals surface area (Å²) < 4.78 is 11.2. The molecule has 192 valence electrons. The number of nitrogens with zero attached hydrogens (tertiary/aromatic N) is 2. The normalized spacial score (nSPS) is 15.9. The molecule has 0 unspecified atom stereocenters. The van der Waals surface area contributed by atoms with Gasteiger partial charge in [0.2, 0.25) is 5.91 Å². The van der Waals surface area contributed by atoms with Crippen LogP contribution >= 0.6 is 0 Å². The molecule has 1 saturated carbocycles. The van der Waals surface area contributed by atoms with Crippen LogP contribution in [-0.4, -0.2) is 70.7 Å². The van der Waals surface area contributed by atoms with Crippen LogP contribution in [0.5, 0.6) is 11.5 Å². The quantitative estimate of drug-likeness (QED) is 0.426. The number of hydrogen-bond donors (Lipinski definition) is 2. The first-order valence-corrected chi connectivity index (χ1v) is 12.3. The van der Waals surface area contributed by atoms with Crippen LogP contribution in [0.1, 0.15) is 58.4 Å². The summed E-state index contributed by atoms with van der Waals surface area (Å²) in [7, 11) is 0. The third-order valence-electron chi connectivity index (χ3n) is 6.22. The van der Waals surface area contributed by atoms with E-state index in [1.807, 2.05) is 25.7 Å². The third kappa shape index (κ3) is 7.13. The van der Waals surface area contributed by atoms with E-state index in [2.05, 4.69) is 11.9 Å². The van der Waals surface area contributed by atoms with Crippen LogP contribution in [-0.2, 0) is 20.7 Å². The summed E-state index contributed by atoms with van der Waals surface area (Å²) in [6, 6.07) is 3.36. The number of carbonyl (C=O) groups is 3. The number of fused-ring (bicyclic) bond motifs is 1.